The first-order chi connectivity index (χ1) is 11.6. The van der Waals surface area contributed by atoms with Crippen LogP contribution in [0, 0.1) is 6.92 Å². The van der Waals surface area contributed by atoms with Crippen LogP contribution in [-0.2, 0) is 7.05 Å². The summed E-state index contributed by atoms with van der Waals surface area (Å²) < 4.78 is 3.84. The van der Waals surface area contributed by atoms with E-state index in [0.717, 1.165) is 43.0 Å². The van der Waals surface area contributed by atoms with Crippen LogP contribution in [-0.4, -0.2) is 43.1 Å². The van der Waals surface area contributed by atoms with E-state index >= 15 is 0 Å². The van der Waals surface area contributed by atoms with Crippen molar-refractivity contribution in [3.63, 3.8) is 0 Å². The van der Waals surface area contributed by atoms with E-state index in [9.17, 15) is 4.79 Å². The fourth-order valence-electron chi connectivity index (χ4n) is 3.56. The number of nitrogens with zero attached hydrogens (tertiary/aromatic N) is 5. The average Bonchev–Trinajstić information content (AvgIpc) is 3.18. The summed E-state index contributed by atoms with van der Waals surface area (Å²) in [4.78, 5) is 19.0. The first kappa shape index (κ1) is 14.9. The quantitative estimate of drug-likeness (QED) is 0.728. The van der Waals surface area contributed by atoms with Crippen LogP contribution in [0.2, 0.25) is 0 Å². The Hall–Kier alpha value is -2.63. The molecule has 6 nitrogen and oxygen atoms in total. The van der Waals surface area contributed by atoms with Gasteiger partial charge in [0.25, 0.3) is 5.91 Å². The lowest BCUT2D eigenvalue weighted by Gasteiger charge is -2.32. The van der Waals surface area contributed by atoms with Crippen LogP contribution in [0.4, 0.5) is 0 Å². The number of carbonyl (C=O) groups is 1. The van der Waals surface area contributed by atoms with Gasteiger partial charge in [0.2, 0.25) is 0 Å². The Balaban J connectivity index is 1.51. The average molecular weight is 323 g/mol. The molecule has 0 unspecified atom stereocenters. The lowest BCUT2D eigenvalue weighted by atomic mass is 9.93. The minimum absolute atomic E-state index is 0.121. The van der Waals surface area contributed by atoms with Crippen molar-refractivity contribution >= 4 is 11.6 Å². The van der Waals surface area contributed by atoms with Gasteiger partial charge < -0.3 is 9.47 Å². The van der Waals surface area contributed by atoms with Crippen molar-refractivity contribution in [2.45, 2.75) is 25.7 Å². The zero-order chi connectivity index (χ0) is 16.7. The molecule has 1 amide bonds. The minimum atomic E-state index is 0.121. The Labute approximate surface area is 140 Å². The number of rotatable bonds is 2. The zero-order valence-corrected chi connectivity index (χ0v) is 14.0. The van der Waals surface area contributed by atoms with Crippen molar-refractivity contribution in [2.75, 3.05) is 13.1 Å². The molecular formula is C18H21N5O. The van der Waals surface area contributed by atoms with Gasteiger partial charge >= 0.3 is 0 Å². The van der Waals surface area contributed by atoms with Gasteiger partial charge in [0, 0.05) is 50.2 Å². The maximum absolute atomic E-state index is 12.6. The molecule has 0 N–H and O–H groups in total. The number of hydrogen-bond acceptors (Lipinski definition) is 3. The van der Waals surface area contributed by atoms with Crippen LogP contribution in [0.5, 0.6) is 0 Å². The maximum atomic E-state index is 12.6. The largest absolute Gasteiger partial charge is 0.347 e. The third kappa shape index (κ3) is 2.48. The van der Waals surface area contributed by atoms with Gasteiger partial charge in [0.05, 0.1) is 5.69 Å². The molecule has 0 saturated carbocycles. The van der Waals surface area contributed by atoms with Gasteiger partial charge in [-0.2, -0.15) is 5.10 Å². The van der Waals surface area contributed by atoms with E-state index in [1.165, 1.54) is 5.69 Å². The fraction of sp³-hybridized carbons (Fsp3) is 0.389. The Morgan fingerprint density at radius 1 is 1.25 bits per heavy atom. The predicted molar refractivity (Wildman–Crippen MR) is 91.0 cm³/mol. The summed E-state index contributed by atoms with van der Waals surface area (Å²) in [6.07, 6.45) is 5.67. The van der Waals surface area contributed by atoms with Crippen LogP contribution in [0.3, 0.4) is 0 Å². The van der Waals surface area contributed by atoms with Crippen molar-refractivity contribution in [3.8, 4) is 0 Å². The molecule has 3 aromatic heterocycles. The summed E-state index contributed by atoms with van der Waals surface area (Å²) in [5, 5.41) is 4.56. The summed E-state index contributed by atoms with van der Waals surface area (Å²) in [6, 6.07) is 7.84. The molecule has 1 saturated heterocycles. The van der Waals surface area contributed by atoms with E-state index in [4.69, 9.17) is 0 Å². The summed E-state index contributed by atoms with van der Waals surface area (Å²) in [7, 11) is 1.91. The normalized spacial score (nSPS) is 16.0. The number of fused-ring (bicyclic) bond motifs is 1. The topological polar surface area (TPSA) is 55.4 Å². The molecule has 1 aliphatic rings. The van der Waals surface area contributed by atoms with E-state index in [0.29, 0.717) is 5.92 Å². The smallest absolute Gasteiger partial charge is 0.270 e. The number of amides is 1. The second kappa shape index (κ2) is 5.78. The van der Waals surface area contributed by atoms with E-state index in [1.807, 2.05) is 58.5 Å². The number of hydrogen-bond donors (Lipinski definition) is 0. The lowest BCUT2D eigenvalue weighted by molar-refractivity contribution is 0.0702. The molecule has 0 aliphatic carbocycles. The minimum Gasteiger partial charge on any atom is -0.347 e. The Morgan fingerprint density at radius 3 is 2.75 bits per heavy atom. The standard InChI is InChI=1S/C18H21N5O/c1-13-12-17-19-8-5-15(23(17)20-13)14-6-10-22(11-7-14)18(24)16-4-3-9-21(16)2/h3-5,8-9,12,14H,6-7,10-11H2,1-2H3. The van der Waals surface area contributed by atoms with E-state index in [2.05, 4.69) is 16.1 Å². The second-order valence-electron chi connectivity index (χ2n) is 6.50. The molecule has 6 heteroatoms. The van der Waals surface area contributed by atoms with E-state index in [1.54, 1.807) is 0 Å². The number of aromatic nitrogens is 4. The second-order valence-corrected chi connectivity index (χ2v) is 6.50. The lowest BCUT2D eigenvalue weighted by Crippen LogP contribution is -2.39. The molecular weight excluding hydrogens is 302 g/mol. The van der Waals surface area contributed by atoms with Crippen molar-refractivity contribution in [3.05, 3.63) is 53.7 Å². The van der Waals surface area contributed by atoms with Crippen LogP contribution in [0.15, 0.2) is 36.7 Å². The number of aryl methyl sites for hydroxylation is 2. The van der Waals surface area contributed by atoms with Gasteiger partial charge in [-0.1, -0.05) is 0 Å². The molecule has 0 atom stereocenters. The highest BCUT2D eigenvalue weighted by molar-refractivity contribution is 5.92. The van der Waals surface area contributed by atoms with Crippen LogP contribution >= 0.6 is 0 Å². The van der Waals surface area contributed by atoms with Crippen molar-refractivity contribution < 1.29 is 4.79 Å². The molecule has 1 fully saturated rings. The first-order valence-corrected chi connectivity index (χ1v) is 8.35. The number of carbonyl (C=O) groups excluding carboxylic acids is 1. The summed E-state index contributed by atoms with van der Waals surface area (Å²) in [5.41, 5.74) is 3.82. The molecule has 124 valence electrons. The molecule has 3 aromatic rings. The maximum Gasteiger partial charge on any atom is 0.270 e. The summed E-state index contributed by atoms with van der Waals surface area (Å²) in [5.74, 6) is 0.531. The highest BCUT2D eigenvalue weighted by atomic mass is 16.2. The molecule has 0 radical (unpaired) electrons. The van der Waals surface area contributed by atoms with Crippen molar-refractivity contribution in [2.24, 2.45) is 7.05 Å². The monoisotopic (exact) mass is 323 g/mol. The van der Waals surface area contributed by atoms with Gasteiger partial charge in [0.15, 0.2) is 5.65 Å². The molecule has 4 rings (SSSR count). The highest BCUT2D eigenvalue weighted by Crippen LogP contribution is 2.28. The highest BCUT2D eigenvalue weighted by Gasteiger charge is 2.27. The van der Waals surface area contributed by atoms with Gasteiger partial charge in [-0.3, -0.25) is 4.79 Å². The first-order valence-electron chi connectivity index (χ1n) is 8.35. The molecule has 1 aliphatic heterocycles. The Bertz CT molecular complexity index is 886. The fourth-order valence-corrected chi connectivity index (χ4v) is 3.56. The third-order valence-electron chi connectivity index (χ3n) is 4.87. The van der Waals surface area contributed by atoms with Crippen molar-refractivity contribution in [1.82, 2.24) is 24.1 Å². The zero-order valence-electron chi connectivity index (χ0n) is 14.0. The molecule has 0 bridgehead atoms. The molecule has 4 heterocycles. The van der Waals surface area contributed by atoms with Crippen LogP contribution in [0.25, 0.3) is 5.65 Å². The van der Waals surface area contributed by atoms with Gasteiger partial charge in [-0.25, -0.2) is 9.50 Å². The molecule has 24 heavy (non-hydrogen) atoms. The summed E-state index contributed by atoms with van der Waals surface area (Å²) >= 11 is 0. The summed E-state index contributed by atoms with van der Waals surface area (Å²) in [6.45, 7) is 3.54. The number of piperidine rings is 1. The van der Waals surface area contributed by atoms with E-state index in [-0.39, 0.29) is 5.91 Å². The predicted octanol–water partition coefficient (Wildman–Crippen LogP) is 2.40. The van der Waals surface area contributed by atoms with Crippen LogP contribution < -0.4 is 0 Å². The van der Waals surface area contributed by atoms with Crippen molar-refractivity contribution in [1.29, 1.82) is 0 Å². The van der Waals surface area contributed by atoms with Gasteiger partial charge in [0.1, 0.15) is 5.69 Å². The Morgan fingerprint density at radius 2 is 2.04 bits per heavy atom. The Kier molecular flexibility index (Phi) is 3.59. The third-order valence-corrected chi connectivity index (χ3v) is 4.87. The number of likely N-dealkylation sites (tertiary alicyclic amines) is 1. The molecule has 0 aromatic carbocycles. The van der Waals surface area contributed by atoms with Gasteiger partial charge in [-0.15, -0.1) is 0 Å². The van der Waals surface area contributed by atoms with Gasteiger partial charge in [-0.05, 0) is 38.0 Å². The van der Waals surface area contributed by atoms with Crippen LogP contribution in [0.1, 0.15) is 40.6 Å². The molecule has 0 spiro atoms. The van der Waals surface area contributed by atoms with E-state index < -0.39 is 0 Å². The SMILES string of the molecule is Cc1cc2nccc(C3CCN(C(=O)c4cccn4C)CC3)n2n1.